The number of amides is 1. The summed E-state index contributed by atoms with van der Waals surface area (Å²) in [6, 6.07) is 7.38. The first-order chi connectivity index (χ1) is 14.3. The number of nitrogens with zero attached hydrogens (tertiary/aromatic N) is 2. The Labute approximate surface area is 177 Å². The minimum atomic E-state index is -3.49. The van der Waals surface area contributed by atoms with Crippen LogP contribution in [0.1, 0.15) is 0 Å². The third kappa shape index (κ3) is 5.45. The lowest BCUT2D eigenvalue weighted by Crippen LogP contribution is -2.50. The summed E-state index contributed by atoms with van der Waals surface area (Å²) in [4.78, 5) is 14.2. The van der Waals surface area contributed by atoms with Gasteiger partial charge < -0.3 is 14.8 Å². The molecule has 0 atom stereocenters. The van der Waals surface area contributed by atoms with Crippen LogP contribution in [0.2, 0.25) is 0 Å². The molecule has 1 N–H and O–H groups in total. The number of anilines is 1. The van der Waals surface area contributed by atoms with Crippen molar-refractivity contribution in [1.82, 2.24) is 9.21 Å². The molecule has 0 unspecified atom stereocenters. The maximum Gasteiger partial charge on any atom is 0.387 e. The SMILES string of the molecule is COc1cc(NC(=O)CN2CCN(S(=O)(=O)c3cccs3)CC2)ccc1OC(F)F. The molecule has 1 aromatic carbocycles. The van der Waals surface area contributed by atoms with Crippen molar-refractivity contribution in [3.63, 3.8) is 0 Å². The summed E-state index contributed by atoms with van der Waals surface area (Å²) >= 11 is 1.18. The summed E-state index contributed by atoms with van der Waals surface area (Å²) in [7, 11) is -2.19. The zero-order valence-electron chi connectivity index (χ0n) is 16.1. The van der Waals surface area contributed by atoms with E-state index in [1.165, 1.54) is 41.0 Å². The van der Waals surface area contributed by atoms with Gasteiger partial charge in [0, 0.05) is 37.9 Å². The molecule has 1 fully saturated rings. The lowest BCUT2D eigenvalue weighted by atomic mass is 10.2. The number of sulfonamides is 1. The molecule has 1 aliphatic rings. The number of nitrogens with one attached hydrogen (secondary N) is 1. The quantitative estimate of drug-likeness (QED) is 0.649. The van der Waals surface area contributed by atoms with Crippen molar-refractivity contribution in [3.05, 3.63) is 35.7 Å². The van der Waals surface area contributed by atoms with Gasteiger partial charge in [0.05, 0.1) is 13.7 Å². The predicted molar refractivity (Wildman–Crippen MR) is 108 cm³/mol. The molecule has 12 heteroatoms. The van der Waals surface area contributed by atoms with E-state index in [1.807, 2.05) is 4.90 Å². The molecule has 0 bridgehead atoms. The Morgan fingerprint density at radius 2 is 1.93 bits per heavy atom. The average molecular weight is 462 g/mol. The molecular weight excluding hydrogens is 440 g/mol. The minimum Gasteiger partial charge on any atom is -0.493 e. The van der Waals surface area contributed by atoms with E-state index < -0.39 is 16.6 Å². The zero-order chi connectivity index (χ0) is 21.7. The van der Waals surface area contributed by atoms with E-state index in [0.29, 0.717) is 36.1 Å². The second-order valence-corrected chi connectivity index (χ2v) is 9.52. The summed E-state index contributed by atoms with van der Waals surface area (Å²) in [5.74, 6) is -0.372. The fraction of sp³-hybridized carbons (Fsp3) is 0.389. The lowest BCUT2D eigenvalue weighted by molar-refractivity contribution is -0.117. The maximum absolute atomic E-state index is 12.5. The van der Waals surface area contributed by atoms with Gasteiger partial charge in [-0.25, -0.2) is 8.42 Å². The van der Waals surface area contributed by atoms with Crippen molar-refractivity contribution < 1.29 is 31.5 Å². The Morgan fingerprint density at radius 1 is 1.20 bits per heavy atom. The molecule has 1 amide bonds. The van der Waals surface area contributed by atoms with Crippen LogP contribution >= 0.6 is 11.3 Å². The van der Waals surface area contributed by atoms with Gasteiger partial charge in [-0.15, -0.1) is 11.3 Å². The fourth-order valence-corrected chi connectivity index (χ4v) is 5.57. The summed E-state index contributed by atoms with van der Waals surface area (Å²) in [6.07, 6.45) is 0. The third-order valence-corrected chi connectivity index (χ3v) is 7.72. The Balaban J connectivity index is 1.53. The largest absolute Gasteiger partial charge is 0.493 e. The van der Waals surface area contributed by atoms with Gasteiger partial charge in [0.25, 0.3) is 10.0 Å². The number of hydrogen-bond acceptors (Lipinski definition) is 7. The second-order valence-electron chi connectivity index (χ2n) is 6.40. The number of halogens is 2. The third-order valence-electron chi connectivity index (χ3n) is 4.45. The number of carbonyl (C=O) groups excluding carboxylic acids is 1. The highest BCUT2D eigenvalue weighted by atomic mass is 32.2. The summed E-state index contributed by atoms with van der Waals surface area (Å²) in [6.45, 7) is -1.49. The number of ether oxygens (including phenoxy) is 2. The van der Waals surface area contributed by atoms with E-state index in [0.717, 1.165) is 0 Å². The van der Waals surface area contributed by atoms with E-state index in [2.05, 4.69) is 10.1 Å². The van der Waals surface area contributed by atoms with Gasteiger partial charge in [-0.1, -0.05) is 6.07 Å². The number of alkyl halides is 2. The van der Waals surface area contributed by atoms with Gasteiger partial charge in [-0.2, -0.15) is 13.1 Å². The molecule has 30 heavy (non-hydrogen) atoms. The first kappa shape index (κ1) is 22.4. The van der Waals surface area contributed by atoms with Gasteiger partial charge in [-0.3, -0.25) is 9.69 Å². The van der Waals surface area contributed by atoms with Gasteiger partial charge in [0.15, 0.2) is 11.5 Å². The molecule has 2 heterocycles. The molecule has 2 aromatic rings. The van der Waals surface area contributed by atoms with Crippen molar-refractivity contribution in [3.8, 4) is 11.5 Å². The van der Waals surface area contributed by atoms with E-state index in [4.69, 9.17) is 4.74 Å². The van der Waals surface area contributed by atoms with Crippen LogP contribution in [0.3, 0.4) is 0 Å². The van der Waals surface area contributed by atoms with Crippen molar-refractivity contribution in [2.45, 2.75) is 10.8 Å². The predicted octanol–water partition coefficient (Wildman–Crippen LogP) is 2.30. The fourth-order valence-electron chi connectivity index (χ4n) is 3.01. The highest BCUT2D eigenvalue weighted by molar-refractivity contribution is 7.91. The molecule has 0 saturated carbocycles. The van der Waals surface area contributed by atoms with Crippen LogP contribution in [-0.4, -0.2) is 70.0 Å². The Hall–Kier alpha value is -2.28. The van der Waals surface area contributed by atoms with E-state index in [1.54, 1.807) is 17.5 Å². The maximum atomic E-state index is 12.5. The van der Waals surface area contributed by atoms with Crippen LogP contribution in [-0.2, 0) is 14.8 Å². The van der Waals surface area contributed by atoms with Crippen molar-refractivity contribution in [2.75, 3.05) is 45.2 Å². The molecule has 1 aliphatic heterocycles. The highest BCUT2D eigenvalue weighted by Gasteiger charge is 2.29. The molecule has 1 aromatic heterocycles. The molecule has 164 valence electrons. The number of thiophene rings is 1. The molecule has 8 nitrogen and oxygen atoms in total. The van der Waals surface area contributed by atoms with Gasteiger partial charge >= 0.3 is 6.61 Å². The Morgan fingerprint density at radius 3 is 2.53 bits per heavy atom. The second kappa shape index (κ2) is 9.69. The molecule has 1 saturated heterocycles. The number of piperazine rings is 1. The molecule has 0 radical (unpaired) electrons. The zero-order valence-corrected chi connectivity index (χ0v) is 17.7. The Bertz CT molecular complexity index is 962. The summed E-state index contributed by atoms with van der Waals surface area (Å²) in [5, 5.41) is 4.39. The molecule has 3 rings (SSSR count). The average Bonchev–Trinajstić information content (AvgIpc) is 3.25. The van der Waals surface area contributed by atoms with Crippen molar-refractivity contribution in [1.29, 1.82) is 0 Å². The smallest absolute Gasteiger partial charge is 0.387 e. The standard InChI is InChI=1S/C18H21F2N3O5S2/c1-27-15-11-13(4-5-14(15)28-18(19)20)21-16(24)12-22-6-8-23(9-7-22)30(25,26)17-3-2-10-29-17/h2-5,10-11,18H,6-9,12H2,1H3,(H,21,24). The van der Waals surface area contributed by atoms with Crippen LogP contribution in [0, 0.1) is 0 Å². The number of methoxy groups -OCH3 is 1. The van der Waals surface area contributed by atoms with Crippen LogP contribution < -0.4 is 14.8 Å². The monoisotopic (exact) mass is 461 g/mol. The van der Waals surface area contributed by atoms with Crippen molar-refractivity contribution in [2.24, 2.45) is 0 Å². The van der Waals surface area contributed by atoms with E-state index >= 15 is 0 Å². The van der Waals surface area contributed by atoms with E-state index in [-0.39, 0.29) is 24.0 Å². The molecule has 0 aliphatic carbocycles. The molecule has 0 spiro atoms. The summed E-state index contributed by atoms with van der Waals surface area (Å²) in [5.41, 5.74) is 0.373. The number of carbonyl (C=O) groups is 1. The van der Waals surface area contributed by atoms with Gasteiger partial charge in [0.2, 0.25) is 5.91 Å². The van der Waals surface area contributed by atoms with Gasteiger partial charge in [0.1, 0.15) is 4.21 Å². The van der Waals surface area contributed by atoms with Crippen LogP contribution in [0.4, 0.5) is 14.5 Å². The topological polar surface area (TPSA) is 88.2 Å². The minimum absolute atomic E-state index is 0.0699. The van der Waals surface area contributed by atoms with Crippen LogP contribution in [0.25, 0.3) is 0 Å². The number of hydrogen-bond donors (Lipinski definition) is 1. The van der Waals surface area contributed by atoms with Crippen LogP contribution in [0.5, 0.6) is 11.5 Å². The summed E-state index contributed by atoms with van der Waals surface area (Å²) < 4.78 is 61.0. The first-order valence-corrected chi connectivity index (χ1v) is 11.3. The first-order valence-electron chi connectivity index (χ1n) is 8.98. The van der Waals surface area contributed by atoms with Gasteiger partial charge in [-0.05, 0) is 23.6 Å². The number of benzene rings is 1. The Kier molecular flexibility index (Phi) is 7.23. The van der Waals surface area contributed by atoms with Crippen molar-refractivity contribution >= 4 is 33.0 Å². The molecular formula is C18H21F2N3O5S2. The highest BCUT2D eigenvalue weighted by Crippen LogP contribution is 2.31. The normalized spacial score (nSPS) is 15.9. The number of rotatable bonds is 8. The van der Waals surface area contributed by atoms with Crippen LogP contribution in [0.15, 0.2) is 39.9 Å². The van der Waals surface area contributed by atoms with E-state index in [9.17, 15) is 22.0 Å². The lowest BCUT2D eigenvalue weighted by Gasteiger charge is -2.33.